The monoisotopic (exact) mass is 289 g/mol. The van der Waals surface area contributed by atoms with E-state index in [0.29, 0.717) is 31.2 Å². The Morgan fingerprint density at radius 3 is 2.40 bits per heavy atom. The zero-order chi connectivity index (χ0) is 15.0. The first-order valence-electron chi connectivity index (χ1n) is 6.49. The molecule has 1 aliphatic carbocycles. The average molecular weight is 289 g/mol. The van der Waals surface area contributed by atoms with Crippen molar-refractivity contribution in [2.24, 2.45) is 5.73 Å². The van der Waals surface area contributed by atoms with Crippen molar-refractivity contribution in [3.8, 4) is 5.75 Å². The molecule has 1 aromatic carbocycles. The van der Waals surface area contributed by atoms with Gasteiger partial charge in [-0.1, -0.05) is 6.07 Å². The maximum absolute atomic E-state index is 13.0. The van der Waals surface area contributed by atoms with Gasteiger partial charge in [0.1, 0.15) is 5.75 Å². The minimum absolute atomic E-state index is 0.208. The molecule has 0 unspecified atom stereocenters. The molecule has 1 aliphatic rings. The SMILES string of the molecule is COc1ccc(C2(N)CCC(O)CC2)cc1C(F)(F)F. The Bertz CT molecular complexity index is 480. The fourth-order valence-corrected chi connectivity index (χ4v) is 2.65. The van der Waals surface area contributed by atoms with Crippen LogP contribution in [0.5, 0.6) is 5.75 Å². The second-order valence-electron chi connectivity index (χ2n) is 5.30. The van der Waals surface area contributed by atoms with Crippen LogP contribution in [-0.4, -0.2) is 18.3 Å². The fraction of sp³-hybridized carbons (Fsp3) is 0.571. The summed E-state index contributed by atoms with van der Waals surface area (Å²) in [6.45, 7) is 0. The van der Waals surface area contributed by atoms with Crippen molar-refractivity contribution in [1.29, 1.82) is 0 Å². The Hall–Kier alpha value is -1.27. The van der Waals surface area contributed by atoms with Crippen molar-refractivity contribution < 1.29 is 23.0 Å². The van der Waals surface area contributed by atoms with E-state index in [-0.39, 0.29) is 5.75 Å². The Morgan fingerprint density at radius 2 is 1.90 bits per heavy atom. The summed E-state index contributed by atoms with van der Waals surface area (Å²) in [4.78, 5) is 0. The van der Waals surface area contributed by atoms with Crippen molar-refractivity contribution in [3.63, 3.8) is 0 Å². The number of halogens is 3. The number of benzene rings is 1. The minimum Gasteiger partial charge on any atom is -0.496 e. The van der Waals surface area contributed by atoms with Crippen molar-refractivity contribution >= 4 is 0 Å². The lowest BCUT2D eigenvalue weighted by molar-refractivity contribution is -0.138. The molecule has 0 aromatic heterocycles. The zero-order valence-electron chi connectivity index (χ0n) is 11.2. The number of methoxy groups -OCH3 is 1. The lowest BCUT2D eigenvalue weighted by Crippen LogP contribution is -2.41. The van der Waals surface area contributed by atoms with Crippen LogP contribution in [0.25, 0.3) is 0 Å². The molecular weight excluding hydrogens is 271 g/mol. The quantitative estimate of drug-likeness (QED) is 0.880. The van der Waals surface area contributed by atoms with Crippen LogP contribution >= 0.6 is 0 Å². The first kappa shape index (κ1) is 15.1. The number of rotatable bonds is 2. The fourth-order valence-electron chi connectivity index (χ4n) is 2.65. The molecule has 20 heavy (non-hydrogen) atoms. The van der Waals surface area contributed by atoms with Crippen LogP contribution in [0.2, 0.25) is 0 Å². The number of hydrogen-bond donors (Lipinski definition) is 2. The predicted molar refractivity (Wildman–Crippen MR) is 68.3 cm³/mol. The van der Waals surface area contributed by atoms with Gasteiger partial charge in [-0.25, -0.2) is 0 Å². The lowest BCUT2D eigenvalue weighted by atomic mass is 9.76. The Labute approximate surface area is 115 Å². The average Bonchev–Trinajstić information content (AvgIpc) is 2.40. The number of aliphatic hydroxyl groups is 1. The molecule has 1 aromatic rings. The van der Waals surface area contributed by atoms with Gasteiger partial charge in [-0.2, -0.15) is 13.2 Å². The smallest absolute Gasteiger partial charge is 0.419 e. The summed E-state index contributed by atoms with van der Waals surface area (Å²) >= 11 is 0. The highest BCUT2D eigenvalue weighted by atomic mass is 19.4. The minimum atomic E-state index is -4.48. The summed E-state index contributed by atoms with van der Waals surface area (Å²) in [5.74, 6) is -0.208. The van der Waals surface area contributed by atoms with Crippen LogP contribution in [0.4, 0.5) is 13.2 Å². The van der Waals surface area contributed by atoms with E-state index in [2.05, 4.69) is 0 Å². The molecule has 6 heteroatoms. The van der Waals surface area contributed by atoms with E-state index in [1.807, 2.05) is 0 Å². The van der Waals surface area contributed by atoms with Gasteiger partial charge in [0.15, 0.2) is 0 Å². The van der Waals surface area contributed by atoms with E-state index in [0.717, 1.165) is 6.07 Å². The molecule has 2 rings (SSSR count). The van der Waals surface area contributed by atoms with Crippen LogP contribution in [0.3, 0.4) is 0 Å². The molecule has 1 saturated carbocycles. The molecule has 112 valence electrons. The van der Waals surface area contributed by atoms with Gasteiger partial charge in [-0.15, -0.1) is 0 Å². The number of nitrogens with two attached hydrogens (primary N) is 1. The molecule has 3 nitrogen and oxygen atoms in total. The standard InChI is InChI=1S/C14H18F3NO2/c1-20-12-3-2-9(8-11(12)14(15,16)17)13(18)6-4-10(19)5-7-13/h2-3,8,10,19H,4-7,18H2,1H3. The molecule has 0 spiro atoms. The van der Waals surface area contributed by atoms with Crippen LogP contribution in [0, 0.1) is 0 Å². The first-order chi connectivity index (χ1) is 9.26. The highest BCUT2D eigenvalue weighted by molar-refractivity contribution is 5.42. The van der Waals surface area contributed by atoms with Gasteiger partial charge in [0, 0.05) is 5.54 Å². The highest BCUT2D eigenvalue weighted by Crippen LogP contribution is 2.41. The van der Waals surface area contributed by atoms with E-state index >= 15 is 0 Å². The second-order valence-corrected chi connectivity index (χ2v) is 5.30. The van der Waals surface area contributed by atoms with Gasteiger partial charge < -0.3 is 15.6 Å². The molecular formula is C14H18F3NO2. The van der Waals surface area contributed by atoms with Crippen molar-refractivity contribution in [3.05, 3.63) is 29.3 Å². The van der Waals surface area contributed by atoms with Gasteiger partial charge in [0.2, 0.25) is 0 Å². The molecule has 0 amide bonds. The normalized spacial score (nSPS) is 27.4. The summed E-state index contributed by atoms with van der Waals surface area (Å²) in [6.07, 6.45) is -2.94. The van der Waals surface area contributed by atoms with Gasteiger partial charge >= 0.3 is 6.18 Å². The van der Waals surface area contributed by atoms with Crippen LogP contribution in [0.15, 0.2) is 18.2 Å². The maximum Gasteiger partial charge on any atom is 0.419 e. The Balaban J connectivity index is 2.38. The van der Waals surface area contributed by atoms with Crippen LogP contribution < -0.4 is 10.5 Å². The molecule has 0 bridgehead atoms. The van der Waals surface area contributed by atoms with Gasteiger partial charge in [-0.05, 0) is 43.4 Å². The van der Waals surface area contributed by atoms with E-state index in [4.69, 9.17) is 10.5 Å². The predicted octanol–water partition coefficient (Wildman–Crippen LogP) is 2.80. The molecule has 0 saturated heterocycles. The third-order valence-electron chi connectivity index (χ3n) is 3.93. The number of alkyl halides is 3. The zero-order valence-corrected chi connectivity index (χ0v) is 11.2. The summed E-state index contributed by atoms with van der Waals surface area (Å²) in [7, 11) is 1.21. The molecule has 0 atom stereocenters. The molecule has 3 N–H and O–H groups in total. The molecule has 0 radical (unpaired) electrons. The molecule has 0 heterocycles. The largest absolute Gasteiger partial charge is 0.496 e. The van der Waals surface area contributed by atoms with E-state index in [1.54, 1.807) is 6.07 Å². The number of hydrogen-bond acceptors (Lipinski definition) is 3. The third kappa shape index (κ3) is 2.91. The summed E-state index contributed by atoms with van der Waals surface area (Å²) in [6, 6.07) is 3.94. The summed E-state index contributed by atoms with van der Waals surface area (Å²) < 4.78 is 43.8. The molecule has 0 aliphatic heterocycles. The van der Waals surface area contributed by atoms with E-state index < -0.39 is 23.4 Å². The highest BCUT2D eigenvalue weighted by Gasteiger charge is 2.38. The van der Waals surface area contributed by atoms with Crippen molar-refractivity contribution in [2.75, 3.05) is 7.11 Å². The lowest BCUT2D eigenvalue weighted by Gasteiger charge is -2.36. The number of aliphatic hydroxyl groups excluding tert-OH is 1. The van der Waals surface area contributed by atoms with Crippen LogP contribution in [0.1, 0.15) is 36.8 Å². The van der Waals surface area contributed by atoms with E-state index in [9.17, 15) is 18.3 Å². The Morgan fingerprint density at radius 1 is 1.30 bits per heavy atom. The summed E-state index contributed by atoms with van der Waals surface area (Å²) in [5.41, 5.74) is 5.04. The topological polar surface area (TPSA) is 55.5 Å². The van der Waals surface area contributed by atoms with E-state index in [1.165, 1.54) is 13.2 Å². The molecule has 1 fully saturated rings. The van der Waals surface area contributed by atoms with Gasteiger partial charge in [0.25, 0.3) is 0 Å². The van der Waals surface area contributed by atoms with Gasteiger partial charge in [0.05, 0.1) is 18.8 Å². The van der Waals surface area contributed by atoms with Crippen molar-refractivity contribution in [2.45, 2.75) is 43.5 Å². The first-order valence-corrected chi connectivity index (χ1v) is 6.49. The van der Waals surface area contributed by atoms with Crippen LogP contribution in [-0.2, 0) is 11.7 Å². The third-order valence-corrected chi connectivity index (χ3v) is 3.93. The summed E-state index contributed by atoms with van der Waals surface area (Å²) in [5, 5.41) is 9.50. The van der Waals surface area contributed by atoms with Gasteiger partial charge in [-0.3, -0.25) is 0 Å². The number of ether oxygens (including phenoxy) is 1. The second kappa shape index (κ2) is 5.26. The Kier molecular flexibility index (Phi) is 3.97. The maximum atomic E-state index is 13.0. The van der Waals surface area contributed by atoms with Crippen molar-refractivity contribution in [1.82, 2.24) is 0 Å².